The van der Waals surface area contributed by atoms with Crippen molar-refractivity contribution in [2.75, 3.05) is 0 Å². The minimum atomic E-state index is -4.43. The molecule has 0 unspecified atom stereocenters. The van der Waals surface area contributed by atoms with Gasteiger partial charge in [0.05, 0.1) is 16.9 Å². The molecule has 0 aliphatic heterocycles. The lowest BCUT2D eigenvalue weighted by Crippen LogP contribution is -2.25. The number of benzene rings is 3. The van der Waals surface area contributed by atoms with Crippen molar-refractivity contribution >= 4 is 5.91 Å². The zero-order valence-corrected chi connectivity index (χ0v) is 16.3. The second-order valence-corrected chi connectivity index (χ2v) is 6.91. The number of amides is 1. The van der Waals surface area contributed by atoms with Crippen LogP contribution in [0.5, 0.6) is 0 Å². The summed E-state index contributed by atoms with van der Waals surface area (Å²) in [5.74, 6) is -0.434. The Bertz CT molecular complexity index is 1190. The SMILES string of the molecule is O=C(NCc1cccc(C(F)(F)F)c1)c1cc(-c2ccccc2)nn1-c1ccccc1. The average Bonchev–Trinajstić information content (AvgIpc) is 3.24. The largest absolute Gasteiger partial charge is 0.416 e. The number of para-hydroxylation sites is 1. The summed E-state index contributed by atoms with van der Waals surface area (Å²) < 4.78 is 40.3. The second kappa shape index (κ2) is 8.47. The van der Waals surface area contributed by atoms with Gasteiger partial charge >= 0.3 is 6.18 Å². The fraction of sp³-hybridized carbons (Fsp3) is 0.0833. The van der Waals surface area contributed by atoms with E-state index in [0.29, 0.717) is 16.9 Å². The van der Waals surface area contributed by atoms with Gasteiger partial charge in [-0.3, -0.25) is 4.79 Å². The van der Waals surface area contributed by atoms with E-state index in [4.69, 9.17) is 0 Å². The van der Waals surface area contributed by atoms with Gasteiger partial charge in [-0.1, -0.05) is 60.7 Å². The van der Waals surface area contributed by atoms with E-state index in [1.807, 2.05) is 60.7 Å². The van der Waals surface area contributed by atoms with Crippen molar-refractivity contribution in [3.05, 3.63) is 108 Å². The van der Waals surface area contributed by atoms with Gasteiger partial charge < -0.3 is 5.32 Å². The van der Waals surface area contributed by atoms with Crippen molar-refractivity contribution in [1.82, 2.24) is 15.1 Å². The molecule has 0 atom stereocenters. The van der Waals surface area contributed by atoms with E-state index in [1.165, 1.54) is 10.7 Å². The van der Waals surface area contributed by atoms with Gasteiger partial charge in [0, 0.05) is 12.1 Å². The van der Waals surface area contributed by atoms with Gasteiger partial charge in [-0.2, -0.15) is 18.3 Å². The Morgan fingerprint density at radius 2 is 1.55 bits per heavy atom. The Balaban J connectivity index is 1.62. The van der Waals surface area contributed by atoms with E-state index in [0.717, 1.165) is 17.7 Å². The highest BCUT2D eigenvalue weighted by Gasteiger charge is 2.30. The number of nitrogens with zero attached hydrogens (tertiary/aromatic N) is 2. The number of hydrogen-bond acceptors (Lipinski definition) is 2. The monoisotopic (exact) mass is 421 g/mol. The van der Waals surface area contributed by atoms with E-state index in [-0.39, 0.29) is 12.2 Å². The summed E-state index contributed by atoms with van der Waals surface area (Å²) in [6.07, 6.45) is -4.43. The van der Waals surface area contributed by atoms with Gasteiger partial charge in [0.15, 0.2) is 0 Å². The number of alkyl halides is 3. The van der Waals surface area contributed by atoms with Gasteiger partial charge in [0.25, 0.3) is 5.91 Å². The molecule has 1 heterocycles. The topological polar surface area (TPSA) is 46.9 Å². The molecule has 1 aromatic heterocycles. The standard InChI is InChI=1S/C24H18F3N3O/c25-24(26,27)19-11-7-8-17(14-19)16-28-23(31)22-15-21(18-9-3-1-4-10-18)29-30(22)20-12-5-2-6-13-20/h1-15H,16H2,(H,28,31). The summed E-state index contributed by atoms with van der Waals surface area (Å²) >= 11 is 0. The minimum absolute atomic E-state index is 0.0383. The average molecular weight is 421 g/mol. The van der Waals surface area contributed by atoms with E-state index < -0.39 is 17.6 Å². The van der Waals surface area contributed by atoms with E-state index in [1.54, 1.807) is 12.1 Å². The molecule has 1 N–H and O–H groups in total. The molecular formula is C24H18F3N3O. The minimum Gasteiger partial charge on any atom is -0.347 e. The van der Waals surface area contributed by atoms with Crippen LogP contribution in [0, 0.1) is 0 Å². The van der Waals surface area contributed by atoms with Gasteiger partial charge in [-0.05, 0) is 35.9 Å². The third-order valence-electron chi connectivity index (χ3n) is 4.72. The summed E-state index contributed by atoms with van der Waals surface area (Å²) in [4.78, 5) is 12.9. The number of halogens is 3. The fourth-order valence-corrected chi connectivity index (χ4v) is 3.19. The quantitative estimate of drug-likeness (QED) is 0.463. The highest BCUT2D eigenvalue weighted by Crippen LogP contribution is 2.29. The highest BCUT2D eigenvalue weighted by molar-refractivity contribution is 5.94. The first kappa shape index (κ1) is 20.4. The second-order valence-electron chi connectivity index (χ2n) is 6.91. The molecule has 0 aliphatic rings. The van der Waals surface area contributed by atoms with Crippen LogP contribution >= 0.6 is 0 Å². The predicted octanol–water partition coefficient (Wildman–Crippen LogP) is 5.49. The number of nitrogens with one attached hydrogen (secondary N) is 1. The Kier molecular flexibility index (Phi) is 5.58. The first-order valence-corrected chi connectivity index (χ1v) is 9.57. The van der Waals surface area contributed by atoms with Crippen LogP contribution < -0.4 is 5.32 Å². The number of aromatic nitrogens is 2. The van der Waals surface area contributed by atoms with Crippen molar-refractivity contribution in [3.63, 3.8) is 0 Å². The zero-order chi connectivity index (χ0) is 21.8. The van der Waals surface area contributed by atoms with Crippen molar-refractivity contribution in [3.8, 4) is 16.9 Å². The van der Waals surface area contributed by atoms with E-state index in [2.05, 4.69) is 10.4 Å². The normalized spacial score (nSPS) is 11.3. The maximum Gasteiger partial charge on any atom is 0.416 e. The molecule has 1 amide bonds. The number of hydrogen-bond donors (Lipinski definition) is 1. The van der Waals surface area contributed by atoms with Crippen LogP contribution in [-0.4, -0.2) is 15.7 Å². The first-order valence-electron chi connectivity index (χ1n) is 9.57. The lowest BCUT2D eigenvalue weighted by atomic mass is 10.1. The lowest BCUT2D eigenvalue weighted by molar-refractivity contribution is -0.137. The number of rotatable bonds is 5. The van der Waals surface area contributed by atoms with Crippen molar-refractivity contribution in [2.24, 2.45) is 0 Å². The van der Waals surface area contributed by atoms with Gasteiger partial charge in [0.1, 0.15) is 5.69 Å². The third kappa shape index (κ3) is 4.66. The molecule has 0 spiro atoms. The molecule has 156 valence electrons. The fourth-order valence-electron chi connectivity index (χ4n) is 3.19. The predicted molar refractivity (Wildman–Crippen MR) is 112 cm³/mol. The highest BCUT2D eigenvalue weighted by atomic mass is 19.4. The molecule has 0 saturated heterocycles. The Morgan fingerprint density at radius 1 is 0.871 bits per heavy atom. The molecule has 0 aliphatic carbocycles. The summed E-state index contributed by atoms with van der Waals surface area (Å²) in [6.45, 7) is -0.0383. The summed E-state index contributed by atoms with van der Waals surface area (Å²) in [5.41, 5.74) is 2.07. The maximum absolute atomic E-state index is 12.9. The van der Waals surface area contributed by atoms with Crippen molar-refractivity contribution in [1.29, 1.82) is 0 Å². The molecule has 7 heteroatoms. The molecular weight excluding hydrogens is 403 g/mol. The first-order chi connectivity index (χ1) is 14.9. The van der Waals surface area contributed by atoms with Crippen LogP contribution in [0.25, 0.3) is 16.9 Å². The zero-order valence-electron chi connectivity index (χ0n) is 16.3. The Labute approximate surface area is 177 Å². The summed E-state index contributed by atoms with van der Waals surface area (Å²) in [7, 11) is 0. The molecule has 4 nitrogen and oxygen atoms in total. The molecule has 3 aromatic carbocycles. The molecule has 31 heavy (non-hydrogen) atoms. The van der Waals surface area contributed by atoms with Crippen molar-refractivity contribution in [2.45, 2.75) is 12.7 Å². The number of carbonyl (C=O) groups excluding carboxylic acids is 1. The number of carbonyl (C=O) groups is 1. The van der Waals surface area contributed by atoms with Crippen LogP contribution in [0.3, 0.4) is 0 Å². The van der Waals surface area contributed by atoms with Crippen LogP contribution in [0.4, 0.5) is 13.2 Å². The molecule has 0 bridgehead atoms. The third-order valence-corrected chi connectivity index (χ3v) is 4.72. The summed E-state index contributed by atoms with van der Waals surface area (Å²) in [5, 5.41) is 7.28. The van der Waals surface area contributed by atoms with Gasteiger partial charge in [-0.15, -0.1) is 0 Å². The molecule has 0 fully saturated rings. The molecule has 4 rings (SSSR count). The molecule has 0 radical (unpaired) electrons. The summed E-state index contributed by atoms with van der Waals surface area (Å²) in [6, 6.07) is 25.2. The van der Waals surface area contributed by atoms with Crippen LogP contribution in [0.2, 0.25) is 0 Å². The van der Waals surface area contributed by atoms with Crippen LogP contribution in [0.15, 0.2) is 91.0 Å². The van der Waals surface area contributed by atoms with E-state index >= 15 is 0 Å². The van der Waals surface area contributed by atoms with Crippen LogP contribution in [-0.2, 0) is 12.7 Å². The molecule has 4 aromatic rings. The Hall–Kier alpha value is -3.87. The van der Waals surface area contributed by atoms with Gasteiger partial charge in [-0.25, -0.2) is 4.68 Å². The van der Waals surface area contributed by atoms with Crippen LogP contribution in [0.1, 0.15) is 21.6 Å². The Morgan fingerprint density at radius 3 is 2.23 bits per heavy atom. The van der Waals surface area contributed by atoms with Crippen molar-refractivity contribution < 1.29 is 18.0 Å². The van der Waals surface area contributed by atoms with Gasteiger partial charge in [0.2, 0.25) is 0 Å². The maximum atomic E-state index is 12.9. The van der Waals surface area contributed by atoms with E-state index in [9.17, 15) is 18.0 Å². The smallest absolute Gasteiger partial charge is 0.347 e. The lowest BCUT2D eigenvalue weighted by Gasteiger charge is -2.10. The molecule has 0 saturated carbocycles.